The van der Waals surface area contributed by atoms with E-state index in [1.165, 1.54) is 12.1 Å². The van der Waals surface area contributed by atoms with E-state index in [0.29, 0.717) is 9.75 Å². The van der Waals surface area contributed by atoms with Crippen LogP contribution in [0.1, 0.15) is 23.6 Å². The van der Waals surface area contributed by atoms with E-state index >= 15 is 0 Å². The third-order valence-electron chi connectivity index (χ3n) is 2.08. The van der Waals surface area contributed by atoms with Gasteiger partial charge in [0.1, 0.15) is 11.6 Å². The Labute approximate surface area is 114 Å². The Morgan fingerprint density at radius 1 is 1.63 bits per heavy atom. The van der Waals surface area contributed by atoms with Crippen molar-refractivity contribution in [3.8, 4) is 6.07 Å². The van der Waals surface area contributed by atoms with Crippen LogP contribution in [0.5, 0.6) is 0 Å². The Morgan fingerprint density at radius 3 is 2.68 bits per heavy atom. The van der Waals surface area contributed by atoms with Gasteiger partial charge < -0.3 is 4.74 Å². The number of thiophene rings is 1. The average Bonchev–Trinajstić information content (AvgIpc) is 2.66. The normalized spacial score (nSPS) is 11.2. The second-order valence-corrected chi connectivity index (χ2v) is 5.26. The monoisotopic (exact) mass is 280 g/mol. The highest BCUT2D eigenvalue weighted by Crippen LogP contribution is 2.29. The van der Waals surface area contributed by atoms with Crippen molar-refractivity contribution in [3.63, 3.8) is 0 Å². The zero-order valence-corrected chi connectivity index (χ0v) is 11.5. The maximum atomic E-state index is 11.6. The van der Waals surface area contributed by atoms with Gasteiger partial charge >= 0.3 is 5.97 Å². The number of nitriles is 1. The van der Waals surface area contributed by atoms with E-state index in [4.69, 9.17) is 10.00 Å². The lowest BCUT2D eigenvalue weighted by atomic mass is 10.2. The molecule has 1 heterocycles. The standard InChI is InChI=1S/C12H12N2O4S/c1-7(2)18-12(15)9(6-13)4-10-5-11(14(16)17)8(3)19-10/h4-5,7H,1-3H3/b9-4-. The Balaban J connectivity index is 3.06. The minimum atomic E-state index is -0.730. The van der Waals surface area contributed by atoms with Gasteiger partial charge in [-0.15, -0.1) is 11.3 Å². The minimum Gasteiger partial charge on any atom is -0.459 e. The van der Waals surface area contributed by atoms with Gasteiger partial charge in [-0.05, 0) is 26.8 Å². The van der Waals surface area contributed by atoms with Crippen molar-refractivity contribution in [2.45, 2.75) is 26.9 Å². The first kappa shape index (κ1) is 14.9. The summed E-state index contributed by atoms with van der Waals surface area (Å²) in [6.07, 6.45) is 0.971. The molecule has 0 aliphatic heterocycles. The molecule has 19 heavy (non-hydrogen) atoms. The van der Waals surface area contributed by atoms with Crippen LogP contribution in [0, 0.1) is 28.4 Å². The number of hydrogen-bond acceptors (Lipinski definition) is 6. The van der Waals surface area contributed by atoms with Crippen LogP contribution in [0.15, 0.2) is 11.6 Å². The molecule has 0 atom stereocenters. The van der Waals surface area contributed by atoms with Crippen molar-refractivity contribution >= 4 is 29.1 Å². The Bertz CT molecular complexity index is 581. The topological polar surface area (TPSA) is 93.2 Å². The summed E-state index contributed by atoms with van der Waals surface area (Å²) in [5.41, 5.74) is -0.199. The summed E-state index contributed by atoms with van der Waals surface area (Å²) in [6, 6.07) is 3.07. The van der Waals surface area contributed by atoms with Gasteiger partial charge in [0.25, 0.3) is 5.69 Å². The van der Waals surface area contributed by atoms with Crippen LogP contribution in [0.25, 0.3) is 6.08 Å². The Kier molecular flexibility index (Phi) is 4.78. The molecule has 0 aliphatic carbocycles. The van der Waals surface area contributed by atoms with Gasteiger partial charge in [-0.25, -0.2) is 4.79 Å². The highest BCUT2D eigenvalue weighted by Gasteiger charge is 2.17. The van der Waals surface area contributed by atoms with Crippen LogP contribution in [0.3, 0.4) is 0 Å². The van der Waals surface area contributed by atoms with Crippen LogP contribution in [-0.2, 0) is 9.53 Å². The van der Waals surface area contributed by atoms with Crippen molar-refractivity contribution in [2.24, 2.45) is 0 Å². The SMILES string of the molecule is Cc1sc(/C=C(/C#N)C(=O)OC(C)C)cc1[N+](=O)[O-]. The van der Waals surface area contributed by atoms with Crippen molar-refractivity contribution < 1.29 is 14.5 Å². The first-order valence-corrected chi connectivity index (χ1v) is 6.24. The molecule has 0 bridgehead atoms. The third kappa shape index (κ3) is 3.89. The van der Waals surface area contributed by atoms with E-state index in [9.17, 15) is 14.9 Å². The predicted molar refractivity (Wildman–Crippen MR) is 70.5 cm³/mol. The van der Waals surface area contributed by atoms with Gasteiger partial charge in [0, 0.05) is 10.9 Å². The highest BCUT2D eigenvalue weighted by atomic mass is 32.1. The summed E-state index contributed by atoms with van der Waals surface area (Å²) in [5, 5.41) is 19.6. The van der Waals surface area contributed by atoms with Crippen molar-refractivity contribution in [1.29, 1.82) is 5.26 Å². The number of hydrogen-bond donors (Lipinski definition) is 0. The van der Waals surface area contributed by atoms with Gasteiger partial charge in [-0.2, -0.15) is 5.26 Å². The van der Waals surface area contributed by atoms with Crippen LogP contribution >= 0.6 is 11.3 Å². The molecular weight excluding hydrogens is 268 g/mol. The van der Waals surface area contributed by atoms with Crippen molar-refractivity contribution in [3.05, 3.63) is 31.5 Å². The van der Waals surface area contributed by atoms with E-state index in [1.807, 2.05) is 0 Å². The molecule has 0 unspecified atom stereocenters. The van der Waals surface area contributed by atoms with Gasteiger partial charge in [-0.3, -0.25) is 10.1 Å². The van der Waals surface area contributed by atoms with E-state index < -0.39 is 10.9 Å². The lowest BCUT2D eigenvalue weighted by Crippen LogP contribution is -2.12. The second-order valence-electron chi connectivity index (χ2n) is 3.97. The zero-order chi connectivity index (χ0) is 14.6. The maximum absolute atomic E-state index is 11.6. The number of carbonyl (C=O) groups excluding carboxylic acids is 1. The quantitative estimate of drug-likeness (QED) is 0.278. The number of nitrogens with zero attached hydrogens (tertiary/aromatic N) is 2. The van der Waals surface area contributed by atoms with E-state index in [-0.39, 0.29) is 17.4 Å². The fourth-order valence-corrected chi connectivity index (χ4v) is 2.24. The number of esters is 1. The first-order chi connectivity index (χ1) is 8.85. The molecule has 100 valence electrons. The Morgan fingerprint density at radius 2 is 2.26 bits per heavy atom. The number of rotatable bonds is 4. The van der Waals surface area contributed by atoms with Gasteiger partial charge in [0.2, 0.25) is 0 Å². The lowest BCUT2D eigenvalue weighted by molar-refractivity contribution is -0.385. The Hall–Kier alpha value is -2.20. The fraction of sp³-hybridized carbons (Fsp3) is 0.333. The highest BCUT2D eigenvalue weighted by molar-refractivity contribution is 7.13. The first-order valence-electron chi connectivity index (χ1n) is 5.42. The minimum absolute atomic E-state index is 0.0224. The zero-order valence-electron chi connectivity index (χ0n) is 10.7. The fourth-order valence-electron chi connectivity index (χ4n) is 1.30. The molecule has 1 aromatic heterocycles. The van der Waals surface area contributed by atoms with Crippen LogP contribution in [0.2, 0.25) is 0 Å². The van der Waals surface area contributed by atoms with Crippen LogP contribution in [0.4, 0.5) is 5.69 Å². The van der Waals surface area contributed by atoms with Gasteiger partial charge in [0.05, 0.1) is 15.9 Å². The summed E-state index contributed by atoms with van der Waals surface area (Å²) in [4.78, 5) is 22.8. The maximum Gasteiger partial charge on any atom is 0.349 e. The molecule has 7 heteroatoms. The van der Waals surface area contributed by atoms with Crippen molar-refractivity contribution in [1.82, 2.24) is 0 Å². The van der Waals surface area contributed by atoms with Gasteiger partial charge in [0.15, 0.2) is 0 Å². The molecule has 0 N–H and O–H groups in total. The molecule has 0 aromatic carbocycles. The average molecular weight is 280 g/mol. The summed E-state index contributed by atoms with van der Waals surface area (Å²) in [6.45, 7) is 4.96. The van der Waals surface area contributed by atoms with E-state index in [2.05, 4.69) is 0 Å². The number of aryl methyl sites for hydroxylation is 1. The predicted octanol–water partition coefficient (Wildman–Crippen LogP) is 2.82. The number of nitro groups is 1. The molecule has 0 saturated carbocycles. The molecule has 0 fully saturated rings. The second kappa shape index (κ2) is 6.11. The summed E-state index contributed by atoms with van der Waals surface area (Å²) in [5.74, 6) is -0.730. The lowest BCUT2D eigenvalue weighted by Gasteiger charge is -2.05. The third-order valence-corrected chi connectivity index (χ3v) is 3.06. The molecule has 0 amide bonds. The molecule has 0 aliphatic rings. The molecule has 1 rings (SSSR count). The van der Waals surface area contributed by atoms with E-state index in [1.54, 1.807) is 26.8 Å². The molecule has 0 saturated heterocycles. The smallest absolute Gasteiger partial charge is 0.349 e. The van der Waals surface area contributed by atoms with Crippen LogP contribution in [-0.4, -0.2) is 17.0 Å². The van der Waals surface area contributed by atoms with Crippen LogP contribution < -0.4 is 0 Å². The van der Waals surface area contributed by atoms with Crippen molar-refractivity contribution in [2.75, 3.05) is 0 Å². The molecule has 0 spiro atoms. The molecule has 6 nitrogen and oxygen atoms in total. The summed E-state index contributed by atoms with van der Waals surface area (Å²) >= 11 is 1.15. The largest absolute Gasteiger partial charge is 0.459 e. The summed E-state index contributed by atoms with van der Waals surface area (Å²) in [7, 11) is 0. The van der Waals surface area contributed by atoms with E-state index in [0.717, 1.165) is 11.3 Å². The molecule has 1 aromatic rings. The number of carbonyl (C=O) groups is 1. The van der Waals surface area contributed by atoms with Gasteiger partial charge in [-0.1, -0.05) is 0 Å². The summed E-state index contributed by atoms with van der Waals surface area (Å²) < 4.78 is 4.90. The number of ether oxygens (including phenoxy) is 1. The molecular formula is C12H12N2O4S. The molecule has 0 radical (unpaired) electrons.